The van der Waals surface area contributed by atoms with Gasteiger partial charge >= 0.3 is 11.9 Å². The zero-order valence-electron chi connectivity index (χ0n) is 13.2. The third-order valence-corrected chi connectivity index (χ3v) is 4.07. The van der Waals surface area contributed by atoms with Gasteiger partial charge in [-0.1, -0.05) is 0 Å². The highest BCUT2D eigenvalue weighted by atomic mass is 16.5. The minimum Gasteiger partial charge on any atom is -0.486 e. The number of ether oxygens (including phenoxy) is 2. The fraction of sp³-hybridized carbons (Fsp3) is 0.500. The van der Waals surface area contributed by atoms with Crippen LogP contribution in [-0.2, 0) is 9.59 Å². The highest BCUT2D eigenvalue weighted by Crippen LogP contribution is 2.51. The molecule has 0 spiro atoms. The van der Waals surface area contributed by atoms with E-state index < -0.39 is 23.5 Å². The molecule has 0 radical (unpaired) electrons. The third kappa shape index (κ3) is 2.26. The smallest absolute Gasteiger partial charge is 0.315 e. The first-order valence-electron chi connectivity index (χ1n) is 6.81. The van der Waals surface area contributed by atoms with Crippen LogP contribution < -0.4 is 9.47 Å². The van der Waals surface area contributed by atoms with Gasteiger partial charge in [-0.25, -0.2) is 0 Å². The molecule has 5 nitrogen and oxygen atoms in total. The topological polar surface area (TPSA) is 72.8 Å². The van der Waals surface area contributed by atoms with Gasteiger partial charge in [-0.15, -0.1) is 0 Å². The van der Waals surface area contributed by atoms with Crippen molar-refractivity contribution in [3.8, 4) is 11.5 Å². The maximum Gasteiger partial charge on any atom is 0.315 e. The van der Waals surface area contributed by atoms with Crippen LogP contribution in [0.25, 0.3) is 0 Å². The Bertz CT molecular complexity index is 643. The van der Waals surface area contributed by atoms with Crippen molar-refractivity contribution in [1.82, 2.24) is 0 Å². The quantitative estimate of drug-likeness (QED) is 0.670. The second-order valence-corrected chi connectivity index (χ2v) is 6.02. The molecule has 0 aromatic heterocycles. The number of hydrogen-bond acceptors (Lipinski definition) is 4. The summed E-state index contributed by atoms with van der Waals surface area (Å²) in [6.45, 7) is 10.3. The molecular weight excluding hydrogens is 272 g/mol. The predicted molar refractivity (Wildman–Crippen MR) is 77.0 cm³/mol. The molecule has 5 heteroatoms. The van der Waals surface area contributed by atoms with Crippen molar-refractivity contribution < 1.29 is 24.2 Å². The summed E-state index contributed by atoms with van der Waals surface area (Å²) in [5.74, 6) is -1.13. The molecule has 0 fully saturated rings. The third-order valence-electron chi connectivity index (χ3n) is 4.07. The highest BCUT2D eigenvalue weighted by molar-refractivity contribution is 5.83. The molecule has 1 aliphatic rings. The van der Waals surface area contributed by atoms with Crippen LogP contribution in [0.3, 0.4) is 0 Å². The molecule has 0 aliphatic carbocycles. The summed E-state index contributed by atoms with van der Waals surface area (Å²) in [5.41, 5.74) is 2.02. The molecule has 2 rings (SSSR count). The Kier molecular flexibility index (Phi) is 3.48. The lowest BCUT2D eigenvalue weighted by Gasteiger charge is -2.23. The number of carboxylic acid groups (broad SMARTS) is 1. The van der Waals surface area contributed by atoms with Crippen molar-refractivity contribution >= 4 is 11.9 Å². The Balaban J connectivity index is 2.77. The van der Waals surface area contributed by atoms with Gasteiger partial charge < -0.3 is 14.6 Å². The van der Waals surface area contributed by atoms with Gasteiger partial charge in [0.2, 0.25) is 0 Å². The fourth-order valence-corrected chi connectivity index (χ4v) is 2.98. The molecular formula is C16H20O5. The first kappa shape index (κ1) is 15.4. The molecule has 1 N–H and O–H groups in total. The van der Waals surface area contributed by atoms with Crippen molar-refractivity contribution in [2.75, 3.05) is 0 Å². The van der Waals surface area contributed by atoms with Gasteiger partial charge in [-0.3, -0.25) is 9.59 Å². The van der Waals surface area contributed by atoms with E-state index >= 15 is 0 Å². The van der Waals surface area contributed by atoms with Crippen LogP contribution in [0.4, 0.5) is 0 Å². The first-order chi connectivity index (χ1) is 9.58. The Hall–Kier alpha value is -2.04. The number of carbonyl (C=O) groups is 2. The molecule has 1 heterocycles. The molecule has 0 unspecified atom stereocenters. The van der Waals surface area contributed by atoms with Gasteiger partial charge in [0.15, 0.2) is 0 Å². The molecule has 1 atom stereocenters. The van der Waals surface area contributed by atoms with E-state index in [1.54, 1.807) is 20.8 Å². The van der Waals surface area contributed by atoms with E-state index in [0.717, 1.165) is 11.1 Å². The van der Waals surface area contributed by atoms with E-state index in [4.69, 9.17) is 9.47 Å². The minimum atomic E-state index is -0.945. The van der Waals surface area contributed by atoms with Crippen molar-refractivity contribution in [1.29, 1.82) is 0 Å². The Morgan fingerprint density at radius 2 is 1.71 bits per heavy atom. The average Bonchev–Trinajstić information content (AvgIpc) is 2.63. The summed E-state index contributed by atoms with van der Waals surface area (Å²) in [6.07, 6.45) is 0. The number of rotatable bonds is 2. The number of esters is 1. The molecule has 1 aliphatic heterocycles. The monoisotopic (exact) mass is 292 g/mol. The number of benzene rings is 1. The summed E-state index contributed by atoms with van der Waals surface area (Å²) in [4.78, 5) is 23.0. The number of carboxylic acids is 1. The molecule has 21 heavy (non-hydrogen) atoms. The van der Waals surface area contributed by atoms with Crippen LogP contribution in [0.2, 0.25) is 0 Å². The number of aliphatic carboxylic acids is 1. The maximum absolute atomic E-state index is 11.7. The van der Waals surface area contributed by atoms with Gasteiger partial charge in [-0.2, -0.15) is 0 Å². The Labute approximate surface area is 123 Å². The van der Waals surface area contributed by atoms with E-state index in [1.165, 1.54) is 6.92 Å². The highest BCUT2D eigenvalue weighted by Gasteiger charge is 2.48. The first-order valence-corrected chi connectivity index (χ1v) is 6.81. The lowest BCUT2D eigenvalue weighted by atomic mass is 9.83. The zero-order chi connectivity index (χ0) is 16.1. The summed E-state index contributed by atoms with van der Waals surface area (Å²) in [6, 6.07) is 0. The standard InChI is InChI=1S/C16H20O5/c1-7-8(2)14-11(9(3)13(7)20-10(4)17)12(15(18)19)16(5,6)21-14/h12H,1-6H3,(H,18,19)/t12-/m1/s1. The van der Waals surface area contributed by atoms with Gasteiger partial charge in [0.25, 0.3) is 0 Å². The van der Waals surface area contributed by atoms with Gasteiger partial charge in [0.05, 0.1) is 0 Å². The number of fused-ring (bicyclic) bond motifs is 1. The molecule has 1 aromatic rings. The van der Waals surface area contributed by atoms with Crippen LogP contribution >= 0.6 is 0 Å². The SMILES string of the molecule is CC(=O)Oc1c(C)c(C)c2c(c1C)[C@H](C(=O)O)C(C)(C)O2. The van der Waals surface area contributed by atoms with Crippen LogP contribution in [0.5, 0.6) is 11.5 Å². The fourth-order valence-electron chi connectivity index (χ4n) is 2.98. The summed E-state index contributed by atoms with van der Waals surface area (Å²) in [5, 5.41) is 9.57. The Morgan fingerprint density at radius 1 is 1.14 bits per heavy atom. The van der Waals surface area contributed by atoms with E-state index in [1.807, 2.05) is 13.8 Å². The van der Waals surface area contributed by atoms with Crippen molar-refractivity contribution in [3.63, 3.8) is 0 Å². The summed E-state index contributed by atoms with van der Waals surface area (Å²) < 4.78 is 11.2. The van der Waals surface area contributed by atoms with E-state index in [0.29, 0.717) is 22.6 Å². The molecule has 0 amide bonds. The van der Waals surface area contributed by atoms with E-state index in [-0.39, 0.29) is 0 Å². The number of hydrogen-bond donors (Lipinski definition) is 1. The predicted octanol–water partition coefficient (Wildman–Crippen LogP) is 2.88. The second-order valence-electron chi connectivity index (χ2n) is 6.02. The van der Waals surface area contributed by atoms with Crippen molar-refractivity contribution in [3.05, 3.63) is 22.3 Å². The number of carbonyl (C=O) groups excluding carboxylic acids is 1. The summed E-state index contributed by atoms with van der Waals surface area (Å²) >= 11 is 0. The van der Waals surface area contributed by atoms with Crippen LogP contribution in [-0.4, -0.2) is 22.6 Å². The molecule has 1 aromatic carbocycles. The normalized spacial score (nSPS) is 18.9. The van der Waals surface area contributed by atoms with Crippen LogP contribution in [0.1, 0.15) is 48.9 Å². The average molecular weight is 292 g/mol. The van der Waals surface area contributed by atoms with Gasteiger partial charge in [0, 0.05) is 18.1 Å². The van der Waals surface area contributed by atoms with Gasteiger partial charge in [-0.05, 0) is 45.7 Å². The largest absolute Gasteiger partial charge is 0.486 e. The minimum absolute atomic E-state index is 0.425. The zero-order valence-corrected chi connectivity index (χ0v) is 13.2. The molecule has 0 saturated carbocycles. The lowest BCUT2D eigenvalue weighted by molar-refractivity contribution is -0.142. The summed E-state index contributed by atoms with van der Waals surface area (Å²) in [7, 11) is 0. The molecule has 0 saturated heterocycles. The van der Waals surface area contributed by atoms with E-state index in [2.05, 4.69) is 0 Å². The molecule has 0 bridgehead atoms. The lowest BCUT2D eigenvalue weighted by Crippen LogP contribution is -2.35. The Morgan fingerprint density at radius 3 is 2.19 bits per heavy atom. The van der Waals surface area contributed by atoms with Crippen molar-refractivity contribution in [2.24, 2.45) is 0 Å². The van der Waals surface area contributed by atoms with Crippen LogP contribution in [0.15, 0.2) is 0 Å². The van der Waals surface area contributed by atoms with Crippen molar-refractivity contribution in [2.45, 2.75) is 53.1 Å². The van der Waals surface area contributed by atoms with E-state index in [9.17, 15) is 14.7 Å². The second kappa shape index (κ2) is 4.76. The maximum atomic E-state index is 11.7. The van der Waals surface area contributed by atoms with Gasteiger partial charge in [0.1, 0.15) is 23.0 Å². The molecule has 114 valence electrons. The van der Waals surface area contributed by atoms with Crippen LogP contribution in [0, 0.1) is 20.8 Å².